The number of aliphatic hydroxyl groups excluding tert-OH is 1. The van der Waals surface area contributed by atoms with Gasteiger partial charge in [-0.15, -0.1) is 0 Å². The minimum atomic E-state index is 0.0676. The molecule has 3 fully saturated rings. The first-order chi connectivity index (χ1) is 9.81. The highest BCUT2D eigenvalue weighted by molar-refractivity contribution is 5.82. The molecule has 5 nitrogen and oxygen atoms in total. The lowest BCUT2D eigenvalue weighted by Gasteiger charge is -2.37. The van der Waals surface area contributed by atoms with Crippen molar-refractivity contribution in [3.05, 3.63) is 0 Å². The van der Waals surface area contributed by atoms with E-state index in [1.54, 1.807) is 0 Å². The van der Waals surface area contributed by atoms with E-state index >= 15 is 0 Å². The molecule has 0 radical (unpaired) electrons. The Morgan fingerprint density at radius 1 is 1.10 bits per heavy atom. The lowest BCUT2D eigenvalue weighted by atomic mass is 10.0. The van der Waals surface area contributed by atoms with Crippen LogP contribution in [0.4, 0.5) is 0 Å². The summed E-state index contributed by atoms with van der Waals surface area (Å²) in [6.07, 6.45) is 6.45. The van der Waals surface area contributed by atoms with E-state index < -0.39 is 0 Å². The van der Waals surface area contributed by atoms with E-state index in [-0.39, 0.29) is 24.6 Å². The fourth-order valence-electron chi connectivity index (χ4n) is 4.14. The van der Waals surface area contributed by atoms with Crippen LogP contribution in [0.1, 0.15) is 38.5 Å². The smallest absolute Gasteiger partial charge is 0.240 e. The summed E-state index contributed by atoms with van der Waals surface area (Å²) >= 11 is 0. The summed E-state index contributed by atoms with van der Waals surface area (Å²) in [5, 5.41) is 12.8. The van der Waals surface area contributed by atoms with Crippen LogP contribution in [0.2, 0.25) is 0 Å². The molecule has 3 aliphatic rings. The van der Waals surface area contributed by atoms with Crippen molar-refractivity contribution in [3.8, 4) is 0 Å². The van der Waals surface area contributed by atoms with E-state index in [1.807, 2.05) is 4.90 Å². The molecular weight excluding hydrogens is 254 g/mol. The molecule has 0 saturated carbocycles. The zero-order chi connectivity index (χ0) is 13.9. The Morgan fingerprint density at radius 3 is 2.60 bits per heavy atom. The predicted molar refractivity (Wildman–Crippen MR) is 77.4 cm³/mol. The molecule has 1 amide bonds. The summed E-state index contributed by atoms with van der Waals surface area (Å²) in [6.45, 7) is 4.17. The van der Waals surface area contributed by atoms with Crippen LogP contribution in [0.5, 0.6) is 0 Å². The van der Waals surface area contributed by atoms with Gasteiger partial charge >= 0.3 is 0 Å². The molecule has 1 unspecified atom stereocenters. The molecule has 3 aliphatic heterocycles. The Morgan fingerprint density at radius 2 is 1.85 bits per heavy atom. The summed E-state index contributed by atoms with van der Waals surface area (Å²) in [5.74, 6) is 0.276. The number of rotatable bonds is 3. The van der Waals surface area contributed by atoms with Gasteiger partial charge in [0.1, 0.15) is 0 Å². The summed E-state index contributed by atoms with van der Waals surface area (Å²) < 4.78 is 0. The van der Waals surface area contributed by atoms with Gasteiger partial charge in [-0.3, -0.25) is 9.69 Å². The van der Waals surface area contributed by atoms with Gasteiger partial charge in [0.2, 0.25) is 5.91 Å². The van der Waals surface area contributed by atoms with Gasteiger partial charge < -0.3 is 15.3 Å². The quantitative estimate of drug-likeness (QED) is 0.775. The molecule has 5 heteroatoms. The molecular formula is C15H27N3O2. The van der Waals surface area contributed by atoms with Crippen molar-refractivity contribution in [1.82, 2.24) is 15.1 Å². The minimum absolute atomic E-state index is 0.0676. The number of nitrogens with zero attached hydrogens (tertiary/aromatic N) is 2. The van der Waals surface area contributed by atoms with Gasteiger partial charge in [0, 0.05) is 12.6 Å². The van der Waals surface area contributed by atoms with Crippen molar-refractivity contribution in [3.63, 3.8) is 0 Å². The van der Waals surface area contributed by atoms with E-state index in [4.69, 9.17) is 0 Å². The second-order valence-corrected chi connectivity index (χ2v) is 6.39. The molecule has 20 heavy (non-hydrogen) atoms. The zero-order valence-electron chi connectivity index (χ0n) is 12.3. The van der Waals surface area contributed by atoms with E-state index in [9.17, 15) is 9.90 Å². The van der Waals surface area contributed by atoms with Crippen LogP contribution < -0.4 is 5.32 Å². The Balaban J connectivity index is 1.66. The predicted octanol–water partition coefficient (Wildman–Crippen LogP) is 0.186. The monoisotopic (exact) mass is 281 g/mol. The van der Waals surface area contributed by atoms with Crippen molar-refractivity contribution in [2.24, 2.45) is 0 Å². The molecule has 2 atom stereocenters. The molecule has 0 aliphatic carbocycles. The Kier molecular flexibility index (Phi) is 4.58. The zero-order valence-corrected chi connectivity index (χ0v) is 12.3. The number of nitrogens with one attached hydrogen (secondary N) is 1. The fourth-order valence-corrected chi connectivity index (χ4v) is 4.14. The van der Waals surface area contributed by atoms with Gasteiger partial charge in [-0.1, -0.05) is 0 Å². The summed E-state index contributed by atoms with van der Waals surface area (Å²) in [6, 6.07) is 0.714. The van der Waals surface area contributed by atoms with Gasteiger partial charge in [-0.05, 0) is 58.2 Å². The van der Waals surface area contributed by atoms with E-state index in [1.165, 1.54) is 0 Å². The highest BCUT2D eigenvalue weighted by Gasteiger charge is 2.40. The van der Waals surface area contributed by atoms with Crippen LogP contribution in [-0.4, -0.2) is 71.7 Å². The maximum absolute atomic E-state index is 12.8. The van der Waals surface area contributed by atoms with Crippen LogP contribution in [0.3, 0.4) is 0 Å². The van der Waals surface area contributed by atoms with Gasteiger partial charge in [0.15, 0.2) is 0 Å². The third kappa shape index (κ3) is 2.71. The largest absolute Gasteiger partial charge is 0.394 e. The summed E-state index contributed by atoms with van der Waals surface area (Å²) in [4.78, 5) is 17.2. The van der Waals surface area contributed by atoms with Crippen LogP contribution in [0, 0.1) is 0 Å². The first-order valence-corrected chi connectivity index (χ1v) is 8.19. The number of carbonyl (C=O) groups is 1. The topological polar surface area (TPSA) is 55.8 Å². The SMILES string of the molecule is O=C(C1CCCN1C1CCNCC1)N1CCC[C@@H]1CO. The molecule has 0 spiro atoms. The first kappa shape index (κ1) is 14.3. The number of aliphatic hydroxyl groups is 1. The van der Waals surface area contributed by atoms with Gasteiger partial charge in [0.25, 0.3) is 0 Å². The lowest BCUT2D eigenvalue weighted by Crippen LogP contribution is -2.53. The number of piperidine rings is 1. The van der Waals surface area contributed by atoms with Crippen molar-refractivity contribution in [2.45, 2.75) is 56.7 Å². The van der Waals surface area contributed by atoms with Crippen LogP contribution >= 0.6 is 0 Å². The molecule has 0 aromatic rings. The Bertz CT molecular complexity index is 344. The summed E-state index contributed by atoms with van der Waals surface area (Å²) in [5.41, 5.74) is 0. The Labute approximate surface area is 121 Å². The molecule has 114 valence electrons. The summed E-state index contributed by atoms with van der Waals surface area (Å²) in [7, 11) is 0. The van der Waals surface area contributed by atoms with Crippen LogP contribution in [-0.2, 0) is 4.79 Å². The normalized spacial score (nSPS) is 33.0. The average Bonchev–Trinajstić information content (AvgIpc) is 3.16. The molecule has 0 aromatic heterocycles. The van der Waals surface area contributed by atoms with Crippen LogP contribution in [0.25, 0.3) is 0 Å². The third-order valence-electron chi connectivity index (χ3n) is 5.23. The standard InChI is InChI=1S/C15H27N3O2/c19-11-13-3-1-10-18(13)15(20)14-4-2-9-17(14)12-5-7-16-8-6-12/h12-14,16,19H,1-11H2/t13-,14?/m1/s1. The average molecular weight is 281 g/mol. The van der Waals surface area contributed by atoms with E-state index in [0.717, 1.165) is 64.7 Å². The Hall–Kier alpha value is -0.650. The van der Waals surface area contributed by atoms with E-state index in [0.29, 0.717) is 6.04 Å². The number of hydrogen-bond acceptors (Lipinski definition) is 4. The van der Waals surface area contributed by atoms with Gasteiger partial charge in [-0.25, -0.2) is 0 Å². The number of amides is 1. The lowest BCUT2D eigenvalue weighted by molar-refractivity contribution is -0.138. The maximum atomic E-state index is 12.8. The molecule has 0 aromatic carbocycles. The second-order valence-electron chi connectivity index (χ2n) is 6.39. The highest BCUT2D eigenvalue weighted by Crippen LogP contribution is 2.28. The second kappa shape index (κ2) is 6.41. The van der Waals surface area contributed by atoms with Crippen molar-refractivity contribution in [1.29, 1.82) is 0 Å². The molecule has 2 N–H and O–H groups in total. The number of hydrogen-bond donors (Lipinski definition) is 2. The van der Waals surface area contributed by atoms with E-state index in [2.05, 4.69) is 10.2 Å². The van der Waals surface area contributed by atoms with Gasteiger partial charge in [0.05, 0.1) is 18.7 Å². The third-order valence-corrected chi connectivity index (χ3v) is 5.23. The minimum Gasteiger partial charge on any atom is -0.394 e. The van der Waals surface area contributed by atoms with Crippen LogP contribution in [0.15, 0.2) is 0 Å². The molecule has 0 bridgehead atoms. The fraction of sp³-hybridized carbons (Fsp3) is 0.933. The molecule has 3 saturated heterocycles. The van der Waals surface area contributed by atoms with Crippen molar-refractivity contribution >= 4 is 5.91 Å². The van der Waals surface area contributed by atoms with Crippen molar-refractivity contribution < 1.29 is 9.90 Å². The highest BCUT2D eigenvalue weighted by atomic mass is 16.3. The molecule has 3 rings (SSSR count). The number of carbonyl (C=O) groups excluding carboxylic acids is 1. The van der Waals surface area contributed by atoms with Crippen molar-refractivity contribution in [2.75, 3.05) is 32.8 Å². The maximum Gasteiger partial charge on any atom is 0.240 e. The molecule has 3 heterocycles. The van der Waals surface area contributed by atoms with Gasteiger partial charge in [-0.2, -0.15) is 0 Å². The number of likely N-dealkylation sites (tertiary alicyclic amines) is 2. The first-order valence-electron chi connectivity index (χ1n) is 8.19.